The van der Waals surface area contributed by atoms with Crippen molar-refractivity contribution < 1.29 is 8.85 Å². The van der Waals surface area contributed by atoms with Crippen LogP contribution in [0.4, 0.5) is 0 Å². The molecule has 1 aliphatic rings. The summed E-state index contributed by atoms with van der Waals surface area (Å²) < 4.78 is 22.2. The molecule has 39 heavy (non-hydrogen) atoms. The third-order valence-corrected chi connectivity index (χ3v) is 11.6. The van der Waals surface area contributed by atoms with Crippen LogP contribution in [0.25, 0.3) is 0 Å². The summed E-state index contributed by atoms with van der Waals surface area (Å²) in [6.45, 7) is 4.20. The molecule has 0 bridgehead atoms. The zero-order valence-corrected chi connectivity index (χ0v) is 34.0. The second-order valence-corrected chi connectivity index (χ2v) is 20.1. The highest BCUT2D eigenvalue weighted by molar-refractivity contribution is 9.12. The standard InChI is InChI=1S/C28H18Br8O2Si/c1-39(2)37-27(15-3-19(29)11-20(30)4-15,16-5-21(31)12-22(32)6-16)28(38-39,17-7-23(33)13-24(34)8-17)18-9-25(35)14-26(36)10-18/h3-14H,1-2H3. The Hall–Kier alpha value is 0.857. The van der Waals surface area contributed by atoms with Crippen LogP contribution in [-0.2, 0) is 20.1 Å². The number of benzene rings is 4. The minimum atomic E-state index is -2.80. The summed E-state index contributed by atoms with van der Waals surface area (Å²) in [4.78, 5) is 0. The molecule has 0 radical (unpaired) electrons. The summed E-state index contributed by atoms with van der Waals surface area (Å²) >= 11 is 30.0. The Morgan fingerprint density at radius 2 is 0.564 bits per heavy atom. The van der Waals surface area contributed by atoms with Gasteiger partial charge in [0.15, 0.2) is 0 Å². The van der Waals surface area contributed by atoms with Gasteiger partial charge in [-0.3, -0.25) is 0 Å². The summed E-state index contributed by atoms with van der Waals surface area (Å²) in [6.07, 6.45) is 0. The van der Waals surface area contributed by atoms with Gasteiger partial charge < -0.3 is 8.85 Å². The fourth-order valence-corrected chi connectivity index (χ4v) is 12.8. The van der Waals surface area contributed by atoms with Gasteiger partial charge in [-0.2, -0.15) is 0 Å². The van der Waals surface area contributed by atoms with Crippen LogP contribution in [0.15, 0.2) is 109 Å². The molecule has 1 saturated heterocycles. The lowest BCUT2D eigenvalue weighted by molar-refractivity contribution is 0.00337. The summed E-state index contributed by atoms with van der Waals surface area (Å²) in [5.74, 6) is 0. The molecule has 0 aromatic heterocycles. The molecular weight excluding hydrogens is 1040 g/mol. The van der Waals surface area contributed by atoms with Gasteiger partial charge in [-0.05, 0) is 108 Å². The largest absolute Gasteiger partial charge is 0.376 e. The van der Waals surface area contributed by atoms with E-state index in [9.17, 15) is 0 Å². The SMILES string of the molecule is C[Si]1(C)OC(c2cc(Br)cc(Br)c2)(c2cc(Br)cc(Br)c2)C(c2cc(Br)cc(Br)c2)(c2cc(Br)cc(Br)c2)O1. The van der Waals surface area contributed by atoms with Gasteiger partial charge in [0.25, 0.3) is 0 Å². The molecule has 11 heteroatoms. The summed E-state index contributed by atoms with van der Waals surface area (Å²) in [7, 11) is -2.80. The van der Waals surface area contributed by atoms with E-state index in [4.69, 9.17) is 8.85 Å². The average molecular weight is 1050 g/mol. The highest BCUT2D eigenvalue weighted by Crippen LogP contribution is 2.62. The molecule has 4 aromatic carbocycles. The average Bonchev–Trinajstić information content (AvgIpc) is 3.06. The molecule has 4 aromatic rings. The lowest BCUT2D eigenvalue weighted by Gasteiger charge is -2.46. The minimum Gasteiger partial charge on any atom is -0.376 e. The predicted octanol–water partition coefficient (Wildman–Crippen LogP) is 12.7. The van der Waals surface area contributed by atoms with Gasteiger partial charge in [0.2, 0.25) is 0 Å². The fraction of sp³-hybridized carbons (Fsp3) is 0.143. The van der Waals surface area contributed by atoms with Gasteiger partial charge in [0, 0.05) is 35.8 Å². The summed E-state index contributed by atoms with van der Waals surface area (Å²) in [6, 6.07) is 25.1. The number of halogens is 8. The normalized spacial score (nSPS) is 17.4. The fourth-order valence-electron chi connectivity index (χ4n) is 5.31. The highest BCUT2D eigenvalue weighted by atomic mass is 79.9. The number of hydrogen-bond acceptors (Lipinski definition) is 2. The first-order chi connectivity index (χ1) is 18.2. The smallest absolute Gasteiger partial charge is 0.333 e. The number of hydrogen-bond donors (Lipinski definition) is 0. The first kappa shape index (κ1) is 31.3. The van der Waals surface area contributed by atoms with E-state index in [1.54, 1.807) is 0 Å². The molecule has 0 unspecified atom stereocenters. The zero-order valence-electron chi connectivity index (χ0n) is 20.3. The third-order valence-electron chi connectivity index (χ3n) is 6.37. The van der Waals surface area contributed by atoms with Crippen molar-refractivity contribution >= 4 is 136 Å². The second-order valence-electron chi connectivity index (χ2n) is 9.60. The molecule has 0 atom stereocenters. The van der Waals surface area contributed by atoms with Crippen molar-refractivity contribution in [2.24, 2.45) is 0 Å². The van der Waals surface area contributed by atoms with Crippen molar-refractivity contribution in [3.63, 3.8) is 0 Å². The van der Waals surface area contributed by atoms with Crippen molar-refractivity contribution in [2.45, 2.75) is 24.3 Å². The maximum absolute atomic E-state index is 7.38. The monoisotopic (exact) mass is 1050 g/mol. The van der Waals surface area contributed by atoms with Gasteiger partial charge in [-0.1, -0.05) is 127 Å². The zero-order chi connectivity index (χ0) is 28.3. The minimum absolute atomic E-state index is 0.926. The van der Waals surface area contributed by atoms with Crippen molar-refractivity contribution in [3.05, 3.63) is 131 Å². The first-order valence-electron chi connectivity index (χ1n) is 11.5. The van der Waals surface area contributed by atoms with Crippen LogP contribution >= 0.6 is 127 Å². The van der Waals surface area contributed by atoms with Crippen LogP contribution in [0.1, 0.15) is 22.3 Å². The van der Waals surface area contributed by atoms with Crippen LogP contribution in [0.3, 0.4) is 0 Å². The van der Waals surface area contributed by atoms with E-state index in [-0.39, 0.29) is 0 Å². The second kappa shape index (κ2) is 11.7. The quantitative estimate of drug-likeness (QED) is 0.190. The van der Waals surface area contributed by atoms with Crippen LogP contribution in [0.2, 0.25) is 13.1 Å². The molecule has 0 spiro atoms. The van der Waals surface area contributed by atoms with Crippen molar-refractivity contribution in [3.8, 4) is 0 Å². The van der Waals surface area contributed by atoms with Crippen molar-refractivity contribution in [2.75, 3.05) is 0 Å². The Balaban J connectivity index is 2.07. The maximum Gasteiger partial charge on any atom is 0.333 e. The number of rotatable bonds is 4. The Kier molecular flexibility index (Phi) is 9.42. The lowest BCUT2D eigenvalue weighted by Crippen LogP contribution is -2.49. The van der Waals surface area contributed by atoms with Crippen LogP contribution in [0.5, 0.6) is 0 Å². The van der Waals surface area contributed by atoms with E-state index in [0.717, 1.165) is 58.0 Å². The molecule has 202 valence electrons. The van der Waals surface area contributed by atoms with Gasteiger partial charge in [0.1, 0.15) is 11.2 Å². The molecule has 1 aliphatic heterocycles. The molecule has 0 aliphatic carbocycles. The molecule has 0 saturated carbocycles. The van der Waals surface area contributed by atoms with E-state index in [1.165, 1.54) is 0 Å². The lowest BCUT2D eigenvalue weighted by atomic mass is 9.66. The van der Waals surface area contributed by atoms with E-state index in [0.29, 0.717) is 0 Å². The van der Waals surface area contributed by atoms with Crippen LogP contribution < -0.4 is 0 Å². The first-order valence-corrected chi connectivity index (χ1v) is 20.7. The Bertz CT molecular complexity index is 1310. The third kappa shape index (κ3) is 5.99. The molecule has 0 N–H and O–H groups in total. The predicted molar refractivity (Wildman–Crippen MR) is 189 cm³/mol. The van der Waals surface area contributed by atoms with Crippen LogP contribution in [0, 0.1) is 0 Å². The molecule has 1 heterocycles. The van der Waals surface area contributed by atoms with Gasteiger partial charge in [0.05, 0.1) is 0 Å². The van der Waals surface area contributed by atoms with Gasteiger partial charge in [-0.15, -0.1) is 0 Å². The summed E-state index contributed by atoms with van der Waals surface area (Å²) in [5.41, 5.74) is 1.58. The Morgan fingerprint density at radius 1 is 0.385 bits per heavy atom. The molecule has 5 rings (SSSR count). The van der Waals surface area contributed by atoms with E-state index >= 15 is 0 Å². The molecular formula is C28H18Br8O2Si. The maximum atomic E-state index is 7.38. The molecule has 0 amide bonds. The topological polar surface area (TPSA) is 18.5 Å². The Labute approximate surface area is 296 Å². The van der Waals surface area contributed by atoms with E-state index < -0.39 is 19.8 Å². The molecule has 1 fully saturated rings. The van der Waals surface area contributed by atoms with Crippen molar-refractivity contribution in [1.29, 1.82) is 0 Å². The van der Waals surface area contributed by atoms with Gasteiger partial charge in [-0.25, -0.2) is 0 Å². The van der Waals surface area contributed by atoms with E-state index in [2.05, 4.69) is 189 Å². The summed E-state index contributed by atoms with van der Waals surface area (Å²) in [5, 5.41) is 0. The molecule has 2 nitrogen and oxygen atoms in total. The van der Waals surface area contributed by atoms with E-state index in [1.807, 2.05) is 24.3 Å². The Morgan fingerprint density at radius 3 is 0.744 bits per heavy atom. The highest BCUT2D eigenvalue weighted by Gasteiger charge is 2.68. The van der Waals surface area contributed by atoms with Crippen molar-refractivity contribution in [1.82, 2.24) is 0 Å². The van der Waals surface area contributed by atoms with Gasteiger partial charge >= 0.3 is 8.56 Å². The van der Waals surface area contributed by atoms with Crippen LogP contribution in [-0.4, -0.2) is 8.56 Å².